The minimum atomic E-state index is -5.33. The van der Waals surface area contributed by atoms with Crippen molar-refractivity contribution in [3.05, 3.63) is 87.8 Å². The molecule has 0 aromatic heterocycles. The van der Waals surface area contributed by atoms with Crippen molar-refractivity contribution in [2.75, 3.05) is 17.6 Å². The van der Waals surface area contributed by atoms with Crippen LogP contribution in [0.2, 0.25) is 25.1 Å². The first-order chi connectivity index (χ1) is 33.6. The van der Waals surface area contributed by atoms with E-state index in [9.17, 15) is 58.4 Å². The van der Waals surface area contributed by atoms with Gasteiger partial charge in [0.25, 0.3) is 30.4 Å². The van der Waals surface area contributed by atoms with Crippen LogP contribution in [0.5, 0.6) is 17.2 Å². The van der Waals surface area contributed by atoms with Crippen LogP contribution in [0.1, 0.15) is 125 Å². The lowest BCUT2D eigenvalue weighted by molar-refractivity contribution is -0.134. The Morgan fingerprint density at radius 3 is 2.01 bits per heavy atom. The van der Waals surface area contributed by atoms with Crippen molar-refractivity contribution < 1.29 is 67.9 Å². The molecule has 6 N–H and O–H groups in total. The average Bonchev–Trinajstić information content (AvgIpc) is 3.23. The van der Waals surface area contributed by atoms with Crippen LogP contribution in [0.3, 0.4) is 0 Å². The van der Waals surface area contributed by atoms with Gasteiger partial charge in [0, 0.05) is 45.3 Å². The number of carbonyl (C=O) groups excluding carboxylic acids is 2. The van der Waals surface area contributed by atoms with E-state index in [1.165, 1.54) is 12.1 Å². The fourth-order valence-corrected chi connectivity index (χ4v) is 14.3. The molecule has 0 saturated heterocycles. The van der Waals surface area contributed by atoms with Gasteiger partial charge < -0.3 is 25.2 Å². The number of thioether (sulfide) groups is 1. The first-order valence-electron chi connectivity index (χ1n) is 22.1. The Balaban J connectivity index is 1.28. The second kappa shape index (κ2) is 20.6. The minimum absolute atomic E-state index is 0.0676. The maximum atomic E-state index is 13.7. The molecule has 0 fully saturated rings. The number of anilines is 1. The van der Waals surface area contributed by atoms with Crippen molar-refractivity contribution in [1.82, 2.24) is 5.32 Å². The summed E-state index contributed by atoms with van der Waals surface area (Å²) in [5.41, 5.74) is -2.50. The van der Waals surface area contributed by atoms with Gasteiger partial charge in [0.05, 0.1) is 57.9 Å². The van der Waals surface area contributed by atoms with Crippen LogP contribution in [0.4, 0.5) is 5.69 Å². The predicted octanol–water partition coefficient (Wildman–Crippen LogP) is 9.72. The molecule has 18 nitrogen and oxygen atoms in total. The molecular weight excluding hydrogens is 1140 g/mol. The number of carboxylic acid groups (broad SMARTS) is 1. The predicted molar refractivity (Wildman–Crippen MR) is 275 cm³/mol. The third-order valence-electron chi connectivity index (χ3n) is 12.3. The lowest BCUT2D eigenvalue weighted by Crippen LogP contribution is -2.39. The molecule has 7 rings (SSSR count). The van der Waals surface area contributed by atoms with Crippen molar-refractivity contribution in [1.29, 1.82) is 0 Å². The molecule has 0 radical (unpaired) electrons. The molecule has 27 heteroatoms. The van der Waals surface area contributed by atoms with Gasteiger partial charge in [-0.2, -0.15) is 25.3 Å². The SMILES string of the molecule is CC1CC(C)(C)Nc2c1cc1c(c2S(=O)(=O)O)Oc2c(S(=O)(=O)O)c3c(cc2=C1c1c(Cl)c(SCC(=O)NCCCCCC(=O)Oc2c(Cl)cc(S(=O)(=O)O)cc2Cl)c(Cl)c(Cl)c1C(=O)O)C(C)CC(C)(C)N=3. The minimum Gasteiger partial charge on any atom is -0.478 e. The number of hydrogen-bond acceptors (Lipinski definition) is 14. The molecule has 4 aromatic rings. The zero-order valence-corrected chi connectivity index (χ0v) is 46.4. The molecule has 394 valence electrons. The van der Waals surface area contributed by atoms with Gasteiger partial charge in [-0.15, -0.1) is 11.8 Å². The van der Waals surface area contributed by atoms with Crippen molar-refractivity contribution >= 4 is 129 Å². The van der Waals surface area contributed by atoms with E-state index < -0.39 is 118 Å². The van der Waals surface area contributed by atoms with E-state index in [0.29, 0.717) is 43.2 Å². The van der Waals surface area contributed by atoms with Crippen molar-refractivity contribution in [2.24, 2.45) is 4.99 Å². The number of amides is 1. The fraction of sp³-hybridized carbons (Fsp3) is 0.391. The lowest BCUT2D eigenvalue weighted by atomic mass is 9.79. The molecule has 3 aliphatic heterocycles. The molecule has 3 heterocycles. The highest BCUT2D eigenvalue weighted by Gasteiger charge is 2.43. The number of halogens is 5. The average molecular weight is 1190 g/mol. The summed E-state index contributed by atoms with van der Waals surface area (Å²) in [6.07, 6.45) is 1.84. The number of nitrogens with zero attached hydrogens (tertiary/aromatic N) is 1. The number of unbranched alkanes of at least 4 members (excludes halogenated alkanes) is 2. The normalized spacial score (nSPS) is 17.7. The number of rotatable bonds is 15. The van der Waals surface area contributed by atoms with Crippen molar-refractivity contribution in [3.63, 3.8) is 0 Å². The third-order valence-corrected chi connectivity index (χ3v) is 18.0. The van der Waals surface area contributed by atoms with Gasteiger partial charge in [-0.25, -0.2) is 4.79 Å². The van der Waals surface area contributed by atoms with E-state index in [-0.39, 0.29) is 71.8 Å². The van der Waals surface area contributed by atoms with E-state index >= 15 is 0 Å². The quantitative estimate of drug-likeness (QED) is 0.0142. The highest BCUT2D eigenvalue weighted by molar-refractivity contribution is 8.00. The third kappa shape index (κ3) is 11.6. The van der Waals surface area contributed by atoms with Crippen LogP contribution < -0.4 is 30.7 Å². The highest BCUT2D eigenvalue weighted by Crippen LogP contribution is 2.54. The van der Waals surface area contributed by atoms with Crippen LogP contribution in [0, 0.1) is 0 Å². The Labute approximate surface area is 449 Å². The number of aromatic carboxylic acids is 1. The first-order valence-corrected chi connectivity index (χ1v) is 29.3. The van der Waals surface area contributed by atoms with Crippen LogP contribution >= 0.6 is 69.8 Å². The summed E-state index contributed by atoms with van der Waals surface area (Å²) in [4.78, 5) is 41.6. The molecule has 3 aliphatic rings. The Kier molecular flexibility index (Phi) is 16.0. The summed E-state index contributed by atoms with van der Waals surface area (Å²) < 4.78 is 121. The molecule has 0 aliphatic carbocycles. The summed E-state index contributed by atoms with van der Waals surface area (Å²) in [7, 11) is -15.3. The van der Waals surface area contributed by atoms with Gasteiger partial charge in [-0.05, 0) is 101 Å². The fourth-order valence-electron chi connectivity index (χ4n) is 9.50. The van der Waals surface area contributed by atoms with Crippen molar-refractivity contribution in [3.8, 4) is 17.2 Å². The van der Waals surface area contributed by atoms with Gasteiger partial charge >= 0.3 is 11.9 Å². The summed E-state index contributed by atoms with van der Waals surface area (Å²) in [5, 5.41) is 14.5. The van der Waals surface area contributed by atoms with E-state index in [0.717, 1.165) is 23.9 Å². The van der Waals surface area contributed by atoms with E-state index in [2.05, 4.69) is 15.6 Å². The summed E-state index contributed by atoms with van der Waals surface area (Å²) in [5.74, 6) is -5.75. The molecule has 1 amide bonds. The smallest absolute Gasteiger partial charge is 0.337 e. The lowest BCUT2D eigenvalue weighted by Gasteiger charge is -2.40. The second-order valence-corrected chi connectivity index (χ2v) is 26.2. The Bertz CT molecular complexity index is 3530. The van der Waals surface area contributed by atoms with Crippen LogP contribution in [0.25, 0.3) is 5.57 Å². The summed E-state index contributed by atoms with van der Waals surface area (Å²) in [6, 6.07) is 4.78. The maximum Gasteiger partial charge on any atom is 0.337 e. The van der Waals surface area contributed by atoms with Crippen molar-refractivity contribution in [2.45, 2.75) is 123 Å². The number of fused-ring (bicyclic) bond motifs is 4. The molecule has 73 heavy (non-hydrogen) atoms. The molecule has 0 bridgehead atoms. The number of nitrogens with one attached hydrogen (secondary N) is 2. The molecule has 0 spiro atoms. The number of carboxylic acids is 1. The van der Waals surface area contributed by atoms with E-state index in [1.807, 2.05) is 6.92 Å². The number of carbonyl (C=O) groups is 3. The first kappa shape index (κ1) is 56.8. The maximum absolute atomic E-state index is 13.7. The largest absolute Gasteiger partial charge is 0.478 e. The van der Waals surface area contributed by atoms with Gasteiger partial charge in [-0.1, -0.05) is 78.3 Å². The van der Waals surface area contributed by atoms with Gasteiger partial charge in [0.15, 0.2) is 27.0 Å². The monoisotopic (exact) mass is 1180 g/mol. The second-order valence-electron chi connectivity index (χ2n) is 19.1. The highest BCUT2D eigenvalue weighted by atomic mass is 35.5. The Morgan fingerprint density at radius 1 is 0.808 bits per heavy atom. The van der Waals surface area contributed by atoms with E-state index in [1.54, 1.807) is 34.6 Å². The zero-order chi connectivity index (χ0) is 54.2. The molecule has 0 saturated carbocycles. The molecule has 2 atom stereocenters. The van der Waals surface area contributed by atoms with Crippen LogP contribution in [-0.2, 0) is 39.9 Å². The van der Waals surface area contributed by atoms with Gasteiger partial charge in [-0.3, -0.25) is 28.2 Å². The van der Waals surface area contributed by atoms with Crippen LogP contribution in [0.15, 0.2) is 48.8 Å². The van der Waals surface area contributed by atoms with Gasteiger partial charge in [0.1, 0.15) is 0 Å². The van der Waals surface area contributed by atoms with E-state index in [4.69, 9.17) is 67.5 Å². The zero-order valence-electron chi connectivity index (χ0n) is 39.4. The standard InChI is InChI=1S/C46H46Cl5N3O15S4/c1-19-16-45(3,4)53-36-22(19)14-24-30(25-15-23-20(2)17-46(5,6)54-37(23)43(73(65,66)67)39(25)69-38(24)42(36)72(62,63)64)31-32(44(57)58)33(49)35(51)41(34(31)50)70-18-28(55)52-11-9-7-8-10-29(56)68-40-26(47)12-21(13-27(40)48)71(59,60)61/h12-15,19-20,53H,7-11,16-18H2,1-6H3,(H,52,55)(H,57,58)(H,59,60,61)(H,62,63,64)(H,65,66,67). The number of hydrogen-bond donors (Lipinski definition) is 6. The number of ether oxygens (including phenoxy) is 2. The van der Waals surface area contributed by atoms with Crippen LogP contribution in [-0.4, -0.2) is 85.2 Å². The number of esters is 1. The van der Waals surface area contributed by atoms with Gasteiger partial charge in [0.2, 0.25) is 5.91 Å². The topological polar surface area (TPSA) is 289 Å². The summed E-state index contributed by atoms with van der Waals surface area (Å²) in [6.45, 7) is 10.9. The molecule has 4 aromatic carbocycles. The number of benzene rings is 4. The summed E-state index contributed by atoms with van der Waals surface area (Å²) >= 11 is 33.7. The molecular formula is C46H46Cl5N3O15S4. The Morgan fingerprint density at radius 2 is 1.42 bits per heavy atom. The Hall–Kier alpha value is -3.91. The molecule has 2 unspecified atom stereocenters.